The standard InChI is InChI=1S/C15H14BrNO2/c16-9-8-11-4-6-13(7-5-11)17-15(19)12-2-1-3-14(18)10-12/h1-7,10,18H,8-9H2,(H,17,19). The van der Waals surface area contributed by atoms with E-state index in [1.165, 1.54) is 17.7 Å². The van der Waals surface area contributed by atoms with Gasteiger partial charge in [-0.05, 0) is 42.3 Å². The second-order valence-electron chi connectivity index (χ2n) is 4.14. The van der Waals surface area contributed by atoms with Crippen molar-refractivity contribution in [1.29, 1.82) is 0 Å². The highest BCUT2D eigenvalue weighted by atomic mass is 79.9. The Balaban J connectivity index is 2.06. The first kappa shape index (κ1) is 13.6. The van der Waals surface area contributed by atoms with Crippen LogP contribution in [0.5, 0.6) is 5.75 Å². The number of aromatic hydroxyl groups is 1. The number of rotatable bonds is 4. The number of halogens is 1. The van der Waals surface area contributed by atoms with Crippen molar-refractivity contribution in [2.45, 2.75) is 6.42 Å². The molecule has 2 N–H and O–H groups in total. The van der Waals surface area contributed by atoms with Gasteiger partial charge in [0.05, 0.1) is 0 Å². The molecule has 19 heavy (non-hydrogen) atoms. The van der Waals surface area contributed by atoms with Crippen LogP contribution in [0.4, 0.5) is 5.69 Å². The van der Waals surface area contributed by atoms with Crippen molar-refractivity contribution >= 4 is 27.5 Å². The Labute approximate surface area is 120 Å². The summed E-state index contributed by atoms with van der Waals surface area (Å²) in [6.07, 6.45) is 0.959. The van der Waals surface area contributed by atoms with Crippen LogP contribution < -0.4 is 5.32 Å². The van der Waals surface area contributed by atoms with Crippen LogP contribution in [-0.2, 0) is 6.42 Å². The molecule has 0 saturated heterocycles. The van der Waals surface area contributed by atoms with Crippen LogP contribution in [0.25, 0.3) is 0 Å². The summed E-state index contributed by atoms with van der Waals surface area (Å²) < 4.78 is 0. The lowest BCUT2D eigenvalue weighted by Gasteiger charge is -2.06. The first-order valence-corrected chi connectivity index (χ1v) is 7.06. The van der Waals surface area contributed by atoms with Crippen LogP contribution in [0.15, 0.2) is 48.5 Å². The predicted molar refractivity (Wildman–Crippen MR) is 80.0 cm³/mol. The predicted octanol–water partition coefficient (Wildman–Crippen LogP) is 3.58. The summed E-state index contributed by atoms with van der Waals surface area (Å²) in [6, 6.07) is 14.0. The van der Waals surface area contributed by atoms with Crippen molar-refractivity contribution in [3.05, 3.63) is 59.7 Å². The minimum atomic E-state index is -0.232. The molecular weight excluding hydrogens is 306 g/mol. The van der Waals surface area contributed by atoms with E-state index in [2.05, 4.69) is 21.2 Å². The molecular formula is C15H14BrNO2. The molecule has 1 amide bonds. The number of aryl methyl sites for hydroxylation is 1. The molecule has 0 bridgehead atoms. The number of alkyl halides is 1. The number of hydrogen-bond acceptors (Lipinski definition) is 2. The van der Waals surface area contributed by atoms with Gasteiger partial charge in [0.25, 0.3) is 5.91 Å². The molecule has 2 aromatic rings. The first-order valence-electron chi connectivity index (χ1n) is 5.94. The average molecular weight is 320 g/mol. The number of amides is 1. The summed E-state index contributed by atoms with van der Waals surface area (Å²) in [5.41, 5.74) is 2.39. The summed E-state index contributed by atoms with van der Waals surface area (Å²) in [4.78, 5) is 11.9. The third-order valence-corrected chi connectivity index (χ3v) is 3.10. The maximum absolute atomic E-state index is 11.9. The van der Waals surface area contributed by atoms with Crippen LogP contribution in [0.1, 0.15) is 15.9 Å². The molecule has 0 aliphatic heterocycles. The molecule has 0 aliphatic rings. The zero-order valence-corrected chi connectivity index (χ0v) is 11.9. The quantitative estimate of drug-likeness (QED) is 0.846. The molecule has 3 nitrogen and oxygen atoms in total. The Morgan fingerprint density at radius 1 is 1.16 bits per heavy atom. The molecule has 0 atom stereocenters. The van der Waals surface area contributed by atoms with E-state index in [1.54, 1.807) is 12.1 Å². The van der Waals surface area contributed by atoms with E-state index in [-0.39, 0.29) is 11.7 Å². The van der Waals surface area contributed by atoms with Crippen molar-refractivity contribution in [3.63, 3.8) is 0 Å². The van der Waals surface area contributed by atoms with Crippen LogP contribution in [0.3, 0.4) is 0 Å². The zero-order chi connectivity index (χ0) is 13.7. The van der Waals surface area contributed by atoms with E-state index in [0.717, 1.165) is 17.4 Å². The molecule has 0 spiro atoms. The number of phenols is 1. The van der Waals surface area contributed by atoms with E-state index >= 15 is 0 Å². The first-order chi connectivity index (χ1) is 9.19. The minimum Gasteiger partial charge on any atom is -0.508 e. The van der Waals surface area contributed by atoms with E-state index in [0.29, 0.717) is 5.56 Å². The molecule has 0 unspecified atom stereocenters. The highest BCUT2D eigenvalue weighted by Crippen LogP contribution is 2.15. The topological polar surface area (TPSA) is 49.3 Å². The van der Waals surface area contributed by atoms with Gasteiger partial charge < -0.3 is 10.4 Å². The number of benzene rings is 2. The van der Waals surface area contributed by atoms with Gasteiger partial charge in [-0.15, -0.1) is 0 Å². The fourth-order valence-electron chi connectivity index (χ4n) is 1.71. The lowest BCUT2D eigenvalue weighted by Crippen LogP contribution is -2.11. The third-order valence-electron chi connectivity index (χ3n) is 2.70. The molecule has 0 aromatic heterocycles. The maximum atomic E-state index is 11.9. The van der Waals surface area contributed by atoms with E-state index < -0.39 is 0 Å². The summed E-state index contributed by atoms with van der Waals surface area (Å²) >= 11 is 3.39. The van der Waals surface area contributed by atoms with Crippen LogP contribution in [0.2, 0.25) is 0 Å². The Morgan fingerprint density at radius 2 is 1.89 bits per heavy atom. The summed E-state index contributed by atoms with van der Waals surface area (Å²) in [6.45, 7) is 0. The Kier molecular flexibility index (Phi) is 4.58. The van der Waals surface area contributed by atoms with Gasteiger partial charge in [0, 0.05) is 16.6 Å². The van der Waals surface area contributed by atoms with Crippen molar-refractivity contribution in [2.24, 2.45) is 0 Å². The minimum absolute atomic E-state index is 0.0836. The van der Waals surface area contributed by atoms with Crippen molar-refractivity contribution in [3.8, 4) is 5.75 Å². The van der Waals surface area contributed by atoms with Gasteiger partial charge in [-0.2, -0.15) is 0 Å². The fraction of sp³-hybridized carbons (Fsp3) is 0.133. The van der Waals surface area contributed by atoms with Gasteiger partial charge in [-0.25, -0.2) is 0 Å². The molecule has 2 aromatic carbocycles. The molecule has 2 rings (SSSR count). The van der Waals surface area contributed by atoms with E-state index in [9.17, 15) is 9.90 Å². The van der Waals surface area contributed by atoms with Crippen LogP contribution >= 0.6 is 15.9 Å². The molecule has 0 heterocycles. The number of carbonyl (C=O) groups excluding carboxylic acids is 1. The lowest BCUT2D eigenvalue weighted by molar-refractivity contribution is 0.102. The Hall–Kier alpha value is -1.81. The molecule has 98 valence electrons. The number of nitrogens with one attached hydrogen (secondary N) is 1. The summed E-state index contributed by atoms with van der Waals surface area (Å²) in [5.74, 6) is -0.149. The molecule has 4 heteroatoms. The Bertz CT molecular complexity index is 567. The molecule has 0 aliphatic carbocycles. The average Bonchev–Trinajstić information content (AvgIpc) is 2.41. The van der Waals surface area contributed by atoms with Crippen LogP contribution in [0, 0.1) is 0 Å². The molecule has 0 fully saturated rings. The largest absolute Gasteiger partial charge is 0.508 e. The van der Waals surface area contributed by atoms with E-state index in [4.69, 9.17) is 0 Å². The fourth-order valence-corrected chi connectivity index (χ4v) is 2.17. The normalized spacial score (nSPS) is 10.2. The number of carbonyl (C=O) groups is 1. The van der Waals surface area contributed by atoms with Gasteiger partial charge in [-0.3, -0.25) is 4.79 Å². The second-order valence-corrected chi connectivity index (χ2v) is 4.93. The molecule has 0 saturated carbocycles. The van der Waals surface area contributed by atoms with Gasteiger partial charge >= 0.3 is 0 Å². The van der Waals surface area contributed by atoms with Crippen molar-refractivity contribution < 1.29 is 9.90 Å². The van der Waals surface area contributed by atoms with Gasteiger partial charge in [0.2, 0.25) is 0 Å². The maximum Gasteiger partial charge on any atom is 0.255 e. The Morgan fingerprint density at radius 3 is 2.53 bits per heavy atom. The van der Waals surface area contributed by atoms with Crippen molar-refractivity contribution in [1.82, 2.24) is 0 Å². The summed E-state index contributed by atoms with van der Waals surface area (Å²) in [5, 5.41) is 13.1. The van der Waals surface area contributed by atoms with Gasteiger partial charge in [0.1, 0.15) is 5.75 Å². The number of hydrogen-bond donors (Lipinski definition) is 2. The van der Waals surface area contributed by atoms with Crippen molar-refractivity contribution in [2.75, 3.05) is 10.6 Å². The zero-order valence-electron chi connectivity index (χ0n) is 10.3. The highest BCUT2D eigenvalue weighted by Gasteiger charge is 2.06. The number of anilines is 1. The third kappa shape index (κ3) is 3.83. The SMILES string of the molecule is O=C(Nc1ccc(CCBr)cc1)c1cccc(O)c1. The van der Waals surface area contributed by atoms with Gasteiger partial charge in [-0.1, -0.05) is 34.1 Å². The molecule has 0 radical (unpaired) electrons. The lowest BCUT2D eigenvalue weighted by atomic mass is 10.1. The van der Waals surface area contributed by atoms with E-state index in [1.807, 2.05) is 24.3 Å². The second kappa shape index (κ2) is 6.38. The monoisotopic (exact) mass is 319 g/mol. The number of phenolic OH excluding ortho intramolecular Hbond substituents is 1. The van der Waals surface area contributed by atoms with Crippen LogP contribution in [-0.4, -0.2) is 16.3 Å². The van der Waals surface area contributed by atoms with Gasteiger partial charge in [0.15, 0.2) is 0 Å². The highest BCUT2D eigenvalue weighted by molar-refractivity contribution is 9.09. The summed E-state index contributed by atoms with van der Waals surface area (Å²) in [7, 11) is 0. The smallest absolute Gasteiger partial charge is 0.255 e.